The lowest BCUT2D eigenvalue weighted by Gasteiger charge is -2.20. The third kappa shape index (κ3) is 8.26. The zero-order chi connectivity index (χ0) is 19.0. The van der Waals surface area contributed by atoms with Gasteiger partial charge in [0.05, 0.1) is 4.92 Å². The van der Waals surface area contributed by atoms with E-state index in [1.54, 1.807) is 20.8 Å². The average molecular weight is 349 g/mol. The van der Waals surface area contributed by atoms with Gasteiger partial charge in [0.25, 0.3) is 11.6 Å². The van der Waals surface area contributed by atoms with Crippen LogP contribution in [-0.4, -0.2) is 35.0 Å². The summed E-state index contributed by atoms with van der Waals surface area (Å²) >= 11 is 0. The van der Waals surface area contributed by atoms with E-state index in [0.717, 1.165) is 6.08 Å². The topological polar surface area (TPSA) is 128 Å². The average Bonchev–Trinajstić information content (AvgIpc) is 2.49. The molecular weight excluding hydrogens is 330 g/mol. The molecule has 0 atom stereocenters. The highest BCUT2D eigenvalue weighted by atomic mass is 16.6. The fourth-order valence-electron chi connectivity index (χ4n) is 1.59. The molecule has 25 heavy (non-hydrogen) atoms. The summed E-state index contributed by atoms with van der Waals surface area (Å²) in [4.78, 5) is 44.4. The number of nitrogens with zero attached hydrogens (tertiary/aromatic N) is 1. The number of imide groups is 1. The molecule has 0 aliphatic rings. The molecule has 0 spiro atoms. The zero-order valence-electron chi connectivity index (χ0n) is 14.1. The van der Waals surface area contributed by atoms with Gasteiger partial charge in [0.1, 0.15) is 0 Å². The van der Waals surface area contributed by atoms with E-state index >= 15 is 0 Å². The maximum absolute atomic E-state index is 11.5. The molecular formula is C16H19N3O6. The number of esters is 1. The van der Waals surface area contributed by atoms with Crippen molar-refractivity contribution in [1.29, 1.82) is 0 Å². The van der Waals surface area contributed by atoms with Gasteiger partial charge >= 0.3 is 12.0 Å². The summed E-state index contributed by atoms with van der Waals surface area (Å²) in [5.74, 6) is -1.55. The quantitative estimate of drug-likeness (QED) is 0.361. The van der Waals surface area contributed by atoms with Crippen molar-refractivity contribution in [2.24, 2.45) is 0 Å². The third-order valence-corrected chi connectivity index (χ3v) is 2.60. The molecule has 0 aliphatic heterocycles. The fourth-order valence-corrected chi connectivity index (χ4v) is 1.59. The largest absolute Gasteiger partial charge is 0.452 e. The molecule has 0 radical (unpaired) electrons. The lowest BCUT2D eigenvalue weighted by Crippen LogP contribution is -2.49. The second kappa shape index (κ2) is 8.57. The van der Waals surface area contributed by atoms with Gasteiger partial charge in [-0.3, -0.25) is 20.2 Å². The molecule has 0 bridgehead atoms. The van der Waals surface area contributed by atoms with E-state index in [1.165, 1.54) is 30.3 Å². The molecule has 0 aliphatic carbocycles. The van der Waals surface area contributed by atoms with Crippen LogP contribution in [0.2, 0.25) is 0 Å². The predicted octanol–water partition coefficient (Wildman–Crippen LogP) is 1.78. The van der Waals surface area contributed by atoms with Crippen LogP contribution < -0.4 is 10.6 Å². The summed E-state index contributed by atoms with van der Waals surface area (Å²) in [7, 11) is 0. The van der Waals surface area contributed by atoms with Gasteiger partial charge in [0.15, 0.2) is 6.61 Å². The standard InChI is InChI=1S/C16H19N3O6/c1-16(2,3)18-15(22)17-13(20)10-25-14(21)9-6-11-4-7-12(8-5-11)19(23)24/h4-9H,10H2,1-3H3,(H2,17,18,20,22). The van der Waals surface area contributed by atoms with E-state index < -0.39 is 35.0 Å². The first-order valence-corrected chi connectivity index (χ1v) is 7.28. The predicted molar refractivity (Wildman–Crippen MR) is 89.5 cm³/mol. The number of rotatable bonds is 5. The lowest BCUT2D eigenvalue weighted by molar-refractivity contribution is -0.384. The van der Waals surface area contributed by atoms with Crippen molar-refractivity contribution in [2.75, 3.05) is 6.61 Å². The maximum Gasteiger partial charge on any atom is 0.331 e. The summed E-state index contributed by atoms with van der Waals surface area (Å²) in [5.41, 5.74) is -0.0179. The molecule has 0 fully saturated rings. The van der Waals surface area contributed by atoms with E-state index in [1.807, 2.05) is 5.32 Å². The van der Waals surface area contributed by atoms with Gasteiger partial charge in [0, 0.05) is 23.7 Å². The normalized spacial score (nSPS) is 11.0. The molecule has 134 valence electrons. The van der Waals surface area contributed by atoms with Crippen molar-refractivity contribution in [3.63, 3.8) is 0 Å². The highest BCUT2D eigenvalue weighted by Crippen LogP contribution is 2.12. The van der Waals surface area contributed by atoms with E-state index in [2.05, 4.69) is 5.32 Å². The Morgan fingerprint density at radius 2 is 1.80 bits per heavy atom. The number of ether oxygens (including phenoxy) is 1. The molecule has 9 heteroatoms. The number of nitro benzene ring substituents is 1. The minimum Gasteiger partial charge on any atom is -0.452 e. The molecule has 0 heterocycles. The molecule has 9 nitrogen and oxygen atoms in total. The maximum atomic E-state index is 11.5. The van der Waals surface area contributed by atoms with Gasteiger partial charge in [-0.25, -0.2) is 9.59 Å². The van der Waals surface area contributed by atoms with Crippen molar-refractivity contribution in [3.8, 4) is 0 Å². The van der Waals surface area contributed by atoms with Crippen LogP contribution in [0.15, 0.2) is 30.3 Å². The number of nitrogens with one attached hydrogen (secondary N) is 2. The van der Waals surface area contributed by atoms with Crippen molar-refractivity contribution in [1.82, 2.24) is 10.6 Å². The first kappa shape index (κ1) is 19.8. The fraction of sp³-hybridized carbons (Fsp3) is 0.312. The first-order valence-electron chi connectivity index (χ1n) is 7.28. The van der Waals surface area contributed by atoms with E-state index in [4.69, 9.17) is 4.74 Å². The number of nitro groups is 1. The van der Waals surface area contributed by atoms with Gasteiger partial charge in [0.2, 0.25) is 0 Å². The lowest BCUT2D eigenvalue weighted by atomic mass is 10.1. The number of carbonyl (C=O) groups excluding carboxylic acids is 3. The summed E-state index contributed by atoms with van der Waals surface area (Å²) in [6.07, 6.45) is 2.46. The molecule has 1 aromatic rings. The number of carbonyl (C=O) groups is 3. The first-order chi connectivity index (χ1) is 11.6. The van der Waals surface area contributed by atoms with Gasteiger partial charge < -0.3 is 10.1 Å². The van der Waals surface area contributed by atoms with E-state index in [0.29, 0.717) is 5.56 Å². The highest BCUT2D eigenvalue weighted by molar-refractivity contribution is 5.96. The third-order valence-electron chi connectivity index (χ3n) is 2.60. The van der Waals surface area contributed by atoms with Crippen LogP contribution >= 0.6 is 0 Å². The molecule has 0 aromatic heterocycles. The molecule has 0 saturated carbocycles. The number of non-ortho nitro benzene ring substituents is 1. The summed E-state index contributed by atoms with van der Waals surface area (Å²) in [6, 6.07) is 4.84. The summed E-state index contributed by atoms with van der Waals surface area (Å²) in [6.45, 7) is 4.64. The second-order valence-electron chi connectivity index (χ2n) is 6.04. The number of urea groups is 1. The minimum absolute atomic E-state index is 0.0649. The van der Waals surface area contributed by atoms with Crippen molar-refractivity contribution >= 4 is 29.7 Å². The Labute approximate surface area is 144 Å². The van der Waals surface area contributed by atoms with Crippen LogP contribution in [-0.2, 0) is 14.3 Å². The molecule has 1 aromatic carbocycles. The number of hydrogen-bond acceptors (Lipinski definition) is 6. The van der Waals surface area contributed by atoms with E-state index in [9.17, 15) is 24.5 Å². The summed E-state index contributed by atoms with van der Waals surface area (Å²) in [5, 5.41) is 15.1. The molecule has 0 unspecified atom stereocenters. The Hall–Kier alpha value is -3.23. The van der Waals surface area contributed by atoms with Crippen LogP contribution in [0.3, 0.4) is 0 Å². The van der Waals surface area contributed by atoms with Crippen LogP contribution in [0.4, 0.5) is 10.5 Å². The van der Waals surface area contributed by atoms with Gasteiger partial charge in [-0.15, -0.1) is 0 Å². The SMILES string of the molecule is CC(C)(C)NC(=O)NC(=O)COC(=O)C=Cc1ccc([N+](=O)[O-])cc1. The van der Waals surface area contributed by atoms with Crippen LogP contribution in [0.1, 0.15) is 26.3 Å². The number of amides is 3. The van der Waals surface area contributed by atoms with Crippen molar-refractivity contribution in [2.45, 2.75) is 26.3 Å². The minimum atomic E-state index is -0.787. The van der Waals surface area contributed by atoms with E-state index in [-0.39, 0.29) is 5.69 Å². The molecule has 1 rings (SSSR count). The van der Waals surface area contributed by atoms with Gasteiger partial charge in [-0.1, -0.05) is 0 Å². The zero-order valence-corrected chi connectivity index (χ0v) is 14.1. The van der Waals surface area contributed by atoms with Gasteiger partial charge in [-0.05, 0) is 44.5 Å². The van der Waals surface area contributed by atoms with Crippen molar-refractivity contribution in [3.05, 3.63) is 46.0 Å². The Morgan fingerprint density at radius 1 is 1.20 bits per heavy atom. The van der Waals surface area contributed by atoms with Crippen LogP contribution in [0.25, 0.3) is 6.08 Å². The molecule has 2 N–H and O–H groups in total. The molecule has 3 amide bonds. The highest BCUT2D eigenvalue weighted by Gasteiger charge is 2.16. The number of benzene rings is 1. The van der Waals surface area contributed by atoms with Crippen molar-refractivity contribution < 1.29 is 24.0 Å². The Bertz CT molecular complexity index is 689. The Morgan fingerprint density at radius 3 is 2.32 bits per heavy atom. The Kier molecular flexibility index (Phi) is 6.80. The molecule has 0 saturated heterocycles. The number of hydrogen-bond donors (Lipinski definition) is 2. The van der Waals surface area contributed by atoms with Crippen LogP contribution in [0.5, 0.6) is 0 Å². The van der Waals surface area contributed by atoms with Crippen LogP contribution in [0, 0.1) is 10.1 Å². The monoisotopic (exact) mass is 349 g/mol. The summed E-state index contributed by atoms with van der Waals surface area (Å²) < 4.78 is 4.69. The smallest absolute Gasteiger partial charge is 0.331 e. The second-order valence-corrected chi connectivity index (χ2v) is 6.04. The Balaban J connectivity index is 2.42. The van der Waals surface area contributed by atoms with Gasteiger partial charge in [-0.2, -0.15) is 0 Å².